The smallest absolute Gasteiger partial charge is 0.272 e. The highest BCUT2D eigenvalue weighted by atomic mass is 79.9. The number of fused-ring (bicyclic) bond motifs is 1. The predicted octanol–water partition coefficient (Wildman–Crippen LogP) is 3.96. The number of aromatic nitrogens is 2. The van der Waals surface area contributed by atoms with Crippen molar-refractivity contribution in [2.45, 2.75) is 6.92 Å². The molecule has 0 bridgehead atoms. The zero-order valence-corrected chi connectivity index (χ0v) is 13.4. The van der Waals surface area contributed by atoms with Crippen LogP contribution in [0.3, 0.4) is 0 Å². The Morgan fingerprint density at radius 1 is 1.40 bits per heavy atom. The van der Waals surface area contributed by atoms with E-state index in [2.05, 4.69) is 26.2 Å². The molecule has 4 nitrogen and oxygen atoms in total. The topological polar surface area (TPSA) is 46.9 Å². The quantitative estimate of drug-likeness (QED) is 0.761. The number of amides is 1. The van der Waals surface area contributed by atoms with Gasteiger partial charge in [0.1, 0.15) is 5.69 Å². The molecule has 3 rings (SSSR count). The minimum atomic E-state index is -0.126. The number of aryl methyl sites for hydroxylation is 2. The summed E-state index contributed by atoms with van der Waals surface area (Å²) < 4.78 is 3.75. The van der Waals surface area contributed by atoms with Gasteiger partial charge in [-0.15, -0.1) is 11.3 Å². The molecule has 0 radical (unpaired) electrons. The van der Waals surface area contributed by atoms with Crippen LogP contribution in [0.25, 0.3) is 10.2 Å². The van der Waals surface area contributed by atoms with Crippen molar-refractivity contribution in [1.29, 1.82) is 0 Å². The fraction of sp³-hybridized carbons (Fsp3) is 0.143. The Morgan fingerprint density at radius 2 is 2.20 bits per heavy atom. The summed E-state index contributed by atoms with van der Waals surface area (Å²) in [4.78, 5) is 16.6. The van der Waals surface area contributed by atoms with Crippen LogP contribution in [0.5, 0.6) is 0 Å². The normalized spacial score (nSPS) is 10.9. The van der Waals surface area contributed by atoms with Crippen molar-refractivity contribution in [3.05, 3.63) is 45.6 Å². The van der Waals surface area contributed by atoms with E-state index in [0.717, 1.165) is 25.4 Å². The highest BCUT2D eigenvalue weighted by molar-refractivity contribution is 9.10. The van der Waals surface area contributed by atoms with Gasteiger partial charge in [-0.05, 0) is 47.1 Å². The summed E-state index contributed by atoms with van der Waals surface area (Å²) >= 11 is 4.99. The maximum absolute atomic E-state index is 12.2. The fourth-order valence-electron chi connectivity index (χ4n) is 2.06. The Hall–Kier alpha value is -1.66. The van der Waals surface area contributed by atoms with Crippen molar-refractivity contribution in [3.63, 3.8) is 0 Å². The van der Waals surface area contributed by atoms with Crippen LogP contribution in [-0.4, -0.2) is 15.5 Å². The van der Waals surface area contributed by atoms with Crippen LogP contribution in [0.15, 0.2) is 34.9 Å². The van der Waals surface area contributed by atoms with Crippen LogP contribution in [0.1, 0.15) is 15.5 Å². The van der Waals surface area contributed by atoms with Gasteiger partial charge in [0.05, 0.1) is 15.2 Å². The van der Waals surface area contributed by atoms with Gasteiger partial charge < -0.3 is 9.88 Å². The zero-order valence-electron chi connectivity index (χ0n) is 11.0. The predicted molar refractivity (Wildman–Crippen MR) is 85.4 cm³/mol. The molecule has 2 heterocycles. The number of hydrogen-bond donors (Lipinski definition) is 1. The molecule has 1 N–H and O–H groups in total. The maximum atomic E-state index is 12.2. The van der Waals surface area contributed by atoms with Gasteiger partial charge >= 0.3 is 0 Å². The molecule has 0 aliphatic carbocycles. The van der Waals surface area contributed by atoms with Gasteiger partial charge in [-0.25, -0.2) is 4.98 Å². The van der Waals surface area contributed by atoms with Gasteiger partial charge in [0.2, 0.25) is 0 Å². The molecule has 3 aromatic rings. The number of hydrogen-bond acceptors (Lipinski definition) is 3. The van der Waals surface area contributed by atoms with Gasteiger partial charge in [0, 0.05) is 23.4 Å². The third-order valence-corrected chi connectivity index (χ3v) is 4.32. The van der Waals surface area contributed by atoms with Crippen LogP contribution in [-0.2, 0) is 7.05 Å². The van der Waals surface area contributed by atoms with Crippen molar-refractivity contribution in [2.24, 2.45) is 7.05 Å². The van der Waals surface area contributed by atoms with Crippen molar-refractivity contribution >= 4 is 49.1 Å². The van der Waals surface area contributed by atoms with Crippen LogP contribution >= 0.6 is 27.3 Å². The highest BCUT2D eigenvalue weighted by Crippen LogP contribution is 2.25. The van der Waals surface area contributed by atoms with Gasteiger partial charge in [-0.1, -0.05) is 0 Å². The third-order valence-electron chi connectivity index (χ3n) is 2.96. The summed E-state index contributed by atoms with van der Waals surface area (Å²) in [5.74, 6) is -0.126. The number of nitrogens with one attached hydrogen (secondary N) is 1. The first kappa shape index (κ1) is 13.3. The molecule has 0 aliphatic heterocycles. The number of anilines is 1. The number of halogens is 1. The molecule has 1 amide bonds. The Kier molecular flexibility index (Phi) is 3.35. The van der Waals surface area contributed by atoms with E-state index in [-0.39, 0.29) is 5.91 Å². The first-order valence-electron chi connectivity index (χ1n) is 6.03. The summed E-state index contributed by atoms with van der Waals surface area (Å²) in [6, 6.07) is 7.55. The summed E-state index contributed by atoms with van der Waals surface area (Å²) in [7, 11) is 1.84. The Labute approximate surface area is 128 Å². The second-order valence-electron chi connectivity index (χ2n) is 4.52. The zero-order chi connectivity index (χ0) is 14.3. The van der Waals surface area contributed by atoms with E-state index in [0.29, 0.717) is 5.69 Å². The van der Waals surface area contributed by atoms with E-state index in [1.54, 1.807) is 22.0 Å². The second kappa shape index (κ2) is 5.03. The number of carbonyl (C=O) groups excluding carboxylic acids is 1. The Bertz CT molecular complexity index is 806. The molecule has 102 valence electrons. The maximum Gasteiger partial charge on any atom is 0.272 e. The number of rotatable bonds is 2. The Balaban J connectivity index is 1.88. The monoisotopic (exact) mass is 349 g/mol. The van der Waals surface area contributed by atoms with Crippen molar-refractivity contribution < 1.29 is 4.79 Å². The van der Waals surface area contributed by atoms with Crippen molar-refractivity contribution in [2.75, 3.05) is 5.32 Å². The number of benzene rings is 1. The van der Waals surface area contributed by atoms with E-state index in [4.69, 9.17) is 0 Å². The van der Waals surface area contributed by atoms with Crippen LogP contribution in [0.4, 0.5) is 5.69 Å². The van der Waals surface area contributed by atoms with Gasteiger partial charge in [-0.2, -0.15) is 0 Å². The average Bonchev–Trinajstić information content (AvgIpc) is 2.90. The number of thiazole rings is 1. The molecule has 1 aromatic carbocycles. The second-order valence-corrected chi connectivity index (χ2v) is 6.67. The SMILES string of the molecule is Cc1nc2ccc(NC(=O)c3cc(Br)cn3C)cc2s1. The van der Waals surface area contributed by atoms with Gasteiger partial charge in [0.25, 0.3) is 5.91 Å². The molecule has 0 saturated heterocycles. The van der Waals surface area contributed by atoms with Crippen LogP contribution < -0.4 is 5.32 Å². The van der Waals surface area contributed by atoms with Crippen molar-refractivity contribution in [1.82, 2.24) is 9.55 Å². The van der Waals surface area contributed by atoms with E-state index in [1.165, 1.54) is 0 Å². The summed E-state index contributed by atoms with van der Waals surface area (Å²) in [5, 5.41) is 3.94. The third kappa shape index (κ3) is 2.48. The molecular weight excluding hydrogens is 338 g/mol. The molecule has 0 aliphatic rings. The lowest BCUT2D eigenvalue weighted by Crippen LogP contribution is -2.15. The van der Waals surface area contributed by atoms with Crippen molar-refractivity contribution in [3.8, 4) is 0 Å². The lowest BCUT2D eigenvalue weighted by atomic mass is 10.3. The molecular formula is C14H12BrN3OS. The van der Waals surface area contributed by atoms with Crippen LogP contribution in [0.2, 0.25) is 0 Å². The van der Waals surface area contributed by atoms with E-state index in [9.17, 15) is 4.79 Å². The minimum absolute atomic E-state index is 0.126. The van der Waals surface area contributed by atoms with Crippen LogP contribution in [0, 0.1) is 6.92 Å². The molecule has 0 spiro atoms. The van der Waals surface area contributed by atoms with Gasteiger partial charge in [0.15, 0.2) is 0 Å². The minimum Gasteiger partial charge on any atom is -0.345 e. The summed E-state index contributed by atoms with van der Waals surface area (Å²) in [5.41, 5.74) is 2.35. The highest BCUT2D eigenvalue weighted by Gasteiger charge is 2.12. The molecule has 0 atom stereocenters. The van der Waals surface area contributed by atoms with E-state index < -0.39 is 0 Å². The number of carbonyl (C=O) groups is 1. The lowest BCUT2D eigenvalue weighted by molar-refractivity contribution is 0.101. The van der Waals surface area contributed by atoms with E-state index in [1.807, 2.05) is 38.4 Å². The molecule has 0 saturated carbocycles. The number of nitrogens with zero attached hydrogens (tertiary/aromatic N) is 2. The molecule has 2 aromatic heterocycles. The van der Waals surface area contributed by atoms with Gasteiger partial charge in [-0.3, -0.25) is 4.79 Å². The lowest BCUT2D eigenvalue weighted by Gasteiger charge is -2.05. The average molecular weight is 350 g/mol. The fourth-order valence-corrected chi connectivity index (χ4v) is 3.45. The summed E-state index contributed by atoms with van der Waals surface area (Å²) in [6.07, 6.45) is 1.85. The standard InChI is InChI=1S/C14H12BrN3OS/c1-8-16-11-4-3-10(6-13(11)20-8)17-14(19)12-5-9(15)7-18(12)2/h3-7H,1-2H3,(H,17,19). The molecule has 20 heavy (non-hydrogen) atoms. The first-order chi connectivity index (χ1) is 9.52. The van der Waals surface area contributed by atoms with E-state index >= 15 is 0 Å². The first-order valence-corrected chi connectivity index (χ1v) is 7.64. The Morgan fingerprint density at radius 3 is 2.90 bits per heavy atom. The summed E-state index contributed by atoms with van der Waals surface area (Å²) in [6.45, 7) is 1.98. The molecule has 6 heteroatoms. The molecule has 0 unspecified atom stereocenters. The molecule has 0 fully saturated rings. The largest absolute Gasteiger partial charge is 0.345 e.